The monoisotopic (exact) mass is 432 g/mol. The van der Waals surface area contributed by atoms with Crippen molar-refractivity contribution in [2.45, 2.75) is 64.6 Å². The number of hydrogen-bond acceptors (Lipinski definition) is 3. The van der Waals surface area contributed by atoms with E-state index in [1.54, 1.807) is 0 Å². The van der Waals surface area contributed by atoms with Crippen molar-refractivity contribution in [2.24, 2.45) is 0 Å². The average Bonchev–Trinajstić information content (AvgIpc) is 3.17. The summed E-state index contributed by atoms with van der Waals surface area (Å²) in [6.45, 7) is 5.11. The number of rotatable bonds is 7. The summed E-state index contributed by atoms with van der Waals surface area (Å²) in [6.07, 6.45) is 4.40. The number of aryl methyl sites for hydroxylation is 1. The van der Waals surface area contributed by atoms with E-state index < -0.39 is 0 Å². The number of piperidine rings is 1. The maximum absolute atomic E-state index is 13.2. The molecule has 1 aromatic heterocycles. The Labute approximate surface area is 189 Å². The highest BCUT2D eigenvalue weighted by molar-refractivity contribution is 5.82. The lowest BCUT2D eigenvalue weighted by Gasteiger charge is -2.33. The third-order valence-corrected chi connectivity index (χ3v) is 6.35. The number of imidazole rings is 1. The van der Waals surface area contributed by atoms with Gasteiger partial charge in [-0.1, -0.05) is 42.5 Å². The van der Waals surface area contributed by atoms with E-state index in [1.165, 1.54) is 6.42 Å². The Morgan fingerprint density at radius 1 is 1.09 bits per heavy atom. The van der Waals surface area contributed by atoms with Crippen molar-refractivity contribution in [3.05, 3.63) is 66.0 Å². The number of likely N-dealkylation sites (tertiary alicyclic amines) is 1. The van der Waals surface area contributed by atoms with Crippen molar-refractivity contribution < 1.29 is 9.59 Å². The van der Waals surface area contributed by atoms with E-state index in [2.05, 4.69) is 12.2 Å². The van der Waals surface area contributed by atoms with E-state index in [4.69, 9.17) is 4.98 Å². The van der Waals surface area contributed by atoms with E-state index in [-0.39, 0.29) is 30.4 Å². The van der Waals surface area contributed by atoms with Gasteiger partial charge in [-0.05, 0) is 57.2 Å². The average molecular weight is 433 g/mol. The van der Waals surface area contributed by atoms with Gasteiger partial charge in [-0.2, -0.15) is 0 Å². The summed E-state index contributed by atoms with van der Waals surface area (Å²) in [5, 5.41) is 3.08. The number of carbonyl (C=O) groups is 2. The first-order valence-electron chi connectivity index (χ1n) is 11.6. The number of benzene rings is 2. The van der Waals surface area contributed by atoms with Gasteiger partial charge in [-0.15, -0.1) is 0 Å². The SMILES string of the molecule is CC(NC(=O)CCc1ccccc1)c1nc2ccccc2n1CC(=O)N1CCCCC1C. The number of para-hydroxylation sites is 2. The number of amides is 2. The summed E-state index contributed by atoms with van der Waals surface area (Å²) >= 11 is 0. The highest BCUT2D eigenvalue weighted by atomic mass is 16.2. The molecule has 168 valence electrons. The normalized spacial score (nSPS) is 17.3. The standard InChI is InChI=1S/C26H32N4O2/c1-19-10-8-9-17-29(19)25(32)18-30-23-14-7-6-13-22(23)28-26(30)20(2)27-24(31)16-15-21-11-4-3-5-12-21/h3-7,11-14,19-20H,8-10,15-18H2,1-2H3,(H,27,31). The van der Waals surface area contributed by atoms with Gasteiger partial charge >= 0.3 is 0 Å². The fourth-order valence-corrected chi connectivity index (χ4v) is 4.57. The molecular formula is C26H32N4O2. The number of hydrogen-bond donors (Lipinski definition) is 1. The lowest BCUT2D eigenvalue weighted by molar-refractivity contribution is -0.135. The predicted octanol–water partition coefficient (Wildman–Crippen LogP) is 4.25. The Balaban J connectivity index is 1.50. The number of nitrogens with one attached hydrogen (secondary N) is 1. The molecule has 1 saturated heterocycles. The lowest BCUT2D eigenvalue weighted by Crippen LogP contribution is -2.44. The van der Waals surface area contributed by atoms with E-state index in [0.29, 0.717) is 12.8 Å². The molecule has 2 heterocycles. The summed E-state index contributed by atoms with van der Waals surface area (Å²) in [4.78, 5) is 32.6. The minimum atomic E-state index is -0.294. The van der Waals surface area contributed by atoms with E-state index in [9.17, 15) is 9.59 Å². The van der Waals surface area contributed by atoms with Crippen molar-refractivity contribution in [3.8, 4) is 0 Å². The van der Waals surface area contributed by atoms with Crippen LogP contribution in [-0.2, 0) is 22.6 Å². The Hall–Kier alpha value is -3.15. The number of fused-ring (bicyclic) bond motifs is 1. The minimum Gasteiger partial charge on any atom is -0.346 e. The zero-order chi connectivity index (χ0) is 22.5. The van der Waals surface area contributed by atoms with Gasteiger partial charge in [0.15, 0.2) is 0 Å². The van der Waals surface area contributed by atoms with Crippen molar-refractivity contribution >= 4 is 22.8 Å². The first kappa shape index (κ1) is 22.1. The molecule has 1 aliphatic rings. The number of carbonyl (C=O) groups excluding carboxylic acids is 2. The van der Waals surface area contributed by atoms with Crippen molar-refractivity contribution in [2.75, 3.05) is 6.54 Å². The molecule has 6 heteroatoms. The molecule has 2 amide bonds. The number of nitrogens with zero attached hydrogens (tertiary/aromatic N) is 3. The zero-order valence-electron chi connectivity index (χ0n) is 19.0. The van der Waals surface area contributed by atoms with Crippen LogP contribution >= 0.6 is 0 Å². The predicted molar refractivity (Wildman–Crippen MR) is 126 cm³/mol. The largest absolute Gasteiger partial charge is 0.346 e. The topological polar surface area (TPSA) is 67.2 Å². The molecule has 2 unspecified atom stereocenters. The molecule has 1 aliphatic heterocycles. The molecule has 0 spiro atoms. The first-order valence-corrected chi connectivity index (χ1v) is 11.6. The number of aromatic nitrogens is 2. The molecule has 0 aliphatic carbocycles. The highest BCUT2D eigenvalue weighted by Crippen LogP contribution is 2.23. The van der Waals surface area contributed by atoms with Gasteiger partial charge in [0.1, 0.15) is 12.4 Å². The third-order valence-electron chi connectivity index (χ3n) is 6.35. The fourth-order valence-electron chi connectivity index (χ4n) is 4.57. The molecule has 32 heavy (non-hydrogen) atoms. The molecule has 3 aromatic rings. The Bertz CT molecular complexity index is 1080. The van der Waals surface area contributed by atoms with Crippen LogP contribution in [-0.4, -0.2) is 38.9 Å². The zero-order valence-corrected chi connectivity index (χ0v) is 19.0. The molecule has 0 radical (unpaired) electrons. The van der Waals surface area contributed by atoms with Crippen LogP contribution < -0.4 is 5.32 Å². The molecule has 0 bridgehead atoms. The highest BCUT2D eigenvalue weighted by Gasteiger charge is 2.26. The van der Waals surface area contributed by atoms with Crippen LogP contribution in [0.25, 0.3) is 11.0 Å². The maximum atomic E-state index is 13.2. The van der Waals surface area contributed by atoms with Crippen LogP contribution in [0, 0.1) is 0 Å². The second-order valence-corrected chi connectivity index (χ2v) is 8.75. The van der Waals surface area contributed by atoms with Crippen LogP contribution in [0.4, 0.5) is 0 Å². The summed E-state index contributed by atoms with van der Waals surface area (Å²) in [5.41, 5.74) is 2.90. The van der Waals surface area contributed by atoms with Crippen LogP contribution in [0.1, 0.15) is 57.0 Å². The minimum absolute atomic E-state index is 0.0176. The fraction of sp³-hybridized carbons (Fsp3) is 0.423. The van der Waals surface area contributed by atoms with Gasteiger partial charge < -0.3 is 14.8 Å². The molecular weight excluding hydrogens is 400 g/mol. The lowest BCUT2D eigenvalue weighted by atomic mass is 10.0. The second-order valence-electron chi connectivity index (χ2n) is 8.75. The van der Waals surface area contributed by atoms with Gasteiger partial charge in [-0.3, -0.25) is 9.59 Å². The van der Waals surface area contributed by atoms with Gasteiger partial charge in [0.25, 0.3) is 0 Å². The van der Waals surface area contributed by atoms with E-state index in [1.807, 2.05) is 71.0 Å². The molecule has 6 nitrogen and oxygen atoms in total. The molecule has 0 saturated carbocycles. The molecule has 1 fully saturated rings. The van der Waals surface area contributed by atoms with Crippen LogP contribution in [0.15, 0.2) is 54.6 Å². The summed E-state index contributed by atoms with van der Waals surface area (Å²) in [5.74, 6) is 0.817. The summed E-state index contributed by atoms with van der Waals surface area (Å²) < 4.78 is 1.97. The summed E-state index contributed by atoms with van der Waals surface area (Å²) in [7, 11) is 0. The van der Waals surface area contributed by atoms with E-state index >= 15 is 0 Å². The third kappa shape index (κ3) is 5.01. The van der Waals surface area contributed by atoms with Gasteiger partial charge in [0.05, 0.1) is 17.1 Å². The Morgan fingerprint density at radius 2 is 1.84 bits per heavy atom. The van der Waals surface area contributed by atoms with E-state index in [0.717, 1.165) is 41.8 Å². The van der Waals surface area contributed by atoms with Crippen molar-refractivity contribution in [1.82, 2.24) is 19.8 Å². The van der Waals surface area contributed by atoms with Gasteiger partial charge in [0.2, 0.25) is 11.8 Å². The van der Waals surface area contributed by atoms with Crippen LogP contribution in [0.2, 0.25) is 0 Å². The first-order chi connectivity index (χ1) is 15.5. The van der Waals surface area contributed by atoms with Crippen LogP contribution in [0.3, 0.4) is 0 Å². The Kier molecular flexibility index (Phi) is 6.88. The molecule has 4 rings (SSSR count). The van der Waals surface area contributed by atoms with Crippen LogP contribution in [0.5, 0.6) is 0 Å². The second kappa shape index (κ2) is 9.98. The molecule has 2 aromatic carbocycles. The molecule has 1 N–H and O–H groups in total. The quantitative estimate of drug-likeness (QED) is 0.607. The Morgan fingerprint density at radius 3 is 2.62 bits per heavy atom. The summed E-state index contributed by atoms with van der Waals surface area (Å²) in [6, 6.07) is 17.8. The van der Waals surface area contributed by atoms with Crippen molar-refractivity contribution in [3.63, 3.8) is 0 Å². The van der Waals surface area contributed by atoms with Crippen molar-refractivity contribution in [1.29, 1.82) is 0 Å². The molecule has 2 atom stereocenters. The maximum Gasteiger partial charge on any atom is 0.242 e. The van der Waals surface area contributed by atoms with Gasteiger partial charge in [-0.25, -0.2) is 4.98 Å². The van der Waals surface area contributed by atoms with Gasteiger partial charge in [0, 0.05) is 19.0 Å². The smallest absolute Gasteiger partial charge is 0.242 e.